The highest BCUT2D eigenvalue weighted by molar-refractivity contribution is 4.99. The van der Waals surface area contributed by atoms with Crippen molar-refractivity contribution in [3.05, 3.63) is 18.0 Å². The molecule has 0 aliphatic carbocycles. The maximum Gasteiger partial charge on any atom is 0.0534 e. The summed E-state index contributed by atoms with van der Waals surface area (Å²) in [6.45, 7) is 7.52. The van der Waals surface area contributed by atoms with Crippen LogP contribution in [0.2, 0.25) is 0 Å². The Morgan fingerprint density at radius 2 is 2.37 bits per heavy atom. The summed E-state index contributed by atoms with van der Waals surface area (Å²) in [6, 6.07) is 1.28. The van der Waals surface area contributed by atoms with E-state index in [-0.39, 0.29) is 0 Å². The Morgan fingerprint density at radius 3 is 3.16 bits per heavy atom. The molecule has 1 aromatic rings. The standard InChI is InChI=1S/C15H28N4/c1-13-11-18-19(12-13)9-8-16-14(2)10-15-6-4-3-5-7-17-15/h11-12,14-17H,3-10H2,1-2H3. The second-order valence-corrected chi connectivity index (χ2v) is 5.87. The Bertz CT molecular complexity index is 353. The molecule has 4 nitrogen and oxygen atoms in total. The number of aryl methyl sites for hydroxylation is 1. The summed E-state index contributed by atoms with van der Waals surface area (Å²) in [7, 11) is 0. The van der Waals surface area contributed by atoms with Crippen LogP contribution in [0.5, 0.6) is 0 Å². The van der Waals surface area contributed by atoms with Crippen molar-refractivity contribution in [2.75, 3.05) is 13.1 Å². The molecular weight excluding hydrogens is 236 g/mol. The zero-order valence-electron chi connectivity index (χ0n) is 12.4. The molecule has 1 aliphatic heterocycles. The molecule has 2 N–H and O–H groups in total. The van der Waals surface area contributed by atoms with Crippen LogP contribution in [0.1, 0.15) is 44.6 Å². The predicted molar refractivity (Wildman–Crippen MR) is 79.3 cm³/mol. The number of rotatable bonds is 6. The van der Waals surface area contributed by atoms with Gasteiger partial charge in [-0.3, -0.25) is 4.68 Å². The monoisotopic (exact) mass is 264 g/mol. The molecule has 1 aliphatic rings. The highest BCUT2D eigenvalue weighted by Crippen LogP contribution is 2.12. The fraction of sp³-hybridized carbons (Fsp3) is 0.800. The van der Waals surface area contributed by atoms with Crippen LogP contribution >= 0.6 is 0 Å². The number of hydrogen-bond donors (Lipinski definition) is 2. The molecule has 0 bridgehead atoms. The van der Waals surface area contributed by atoms with Gasteiger partial charge in [0.05, 0.1) is 12.7 Å². The molecule has 0 amide bonds. The quantitative estimate of drug-likeness (QED) is 0.827. The summed E-state index contributed by atoms with van der Waals surface area (Å²) >= 11 is 0. The van der Waals surface area contributed by atoms with Crippen LogP contribution in [-0.2, 0) is 6.54 Å². The van der Waals surface area contributed by atoms with E-state index >= 15 is 0 Å². The molecular formula is C15H28N4. The highest BCUT2D eigenvalue weighted by Gasteiger charge is 2.14. The minimum Gasteiger partial charge on any atom is -0.314 e. The van der Waals surface area contributed by atoms with Gasteiger partial charge in [-0.05, 0) is 45.2 Å². The zero-order chi connectivity index (χ0) is 13.5. The summed E-state index contributed by atoms with van der Waals surface area (Å²) in [5.41, 5.74) is 1.23. The second-order valence-electron chi connectivity index (χ2n) is 5.87. The molecule has 108 valence electrons. The van der Waals surface area contributed by atoms with Crippen molar-refractivity contribution in [1.82, 2.24) is 20.4 Å². The van der Waals surface area contributed by atoms with Crippen LogP contribution in [0.4, 0.5) is 0 Å². The first kappa shape index (κ1) is 14.5. The summed E-state index contributed by atoms with van der Waals surface area (Å²) in [6.07, 6.45) is 10.7. The first-order valence-electron chi connectivity index (χ1n) is 7.70. The summed E-state index contributed by atoms with van der Waals surface area (Å²) in [4.78, 5) is 0. The van der Waals surface area contributed by atoms with E-state index in [1.165, 1.54) is 44.2 Å². The van der Waals surface area contributed by atoms with Crippen molar-refractivity contribution in [2.24, 2.45) is 0 Å². The third-order valence-electron chi connectivity index (χ3n) is 3.90. The lowest BCUT2D eigenvalue weighted by Crippen LogP contribution is -2.37. The van der Waals surface area contributed by atoms with Gasteiger partial charge in [-0.15, -0.1) is 0 Å². The van der Waals surface area contributed by atoms with E-state index < -0.39 is 0 Å². The normalized spacial score (nSPS) is 22.1. The number of aromatic nitrogens is 2. The molecule has 19 heavy (non-hydrogen) atoms. The van der Waals surface area contributed by atoms with Gasteiger partial charge >= 0.3 is 0 Å². The van der Waals surface area contributed by atoms with Crippen molar-refractivity contribution in [1.29, 1.82) is 0 Å². The van der Waals surface area contributed by atoms with E-state index in [0.29, 0.717) is 12.1 Å². The molecule has 0 spiro atoms. The van der Waals surface area contributed by atoms with Gasteiger partial charge in [0, 0.05) is 24.8 Å². The van der Waals surface area contributed by atoms with Crippen LogP contribution in [-0.4, -0.2) is 35.0 Å². The molecule has 0 saturated carbocycles. The number of nitrogens with zero attached hydrogens (tertiary/aromatic N) is 2. The van der Waals surface area contributed by atoms with Crippen LogP contribution in [0.15, 0.2) is 12.4 Å². The third-order valence-corrected chi connectivity index (χ3v) is 3.90. The Morgan fingerprint density at radius 1 is 1.47 bits per heavy atom. The Balaban J connectivity index is 1.62. The zero-order valence-corrected chi connectivity index (χ0v) is 12.4. The molecule has 4 heteroatoms. The predicted octanol–water partition coefficient (Wildman–Crippen LogP) is 2.09. The molecule has 2 unspecified atom stereocenters. The Hall–Kier alpha value is -0.870. The maximum absolute atomic E-state index is 4.31. The van der Waals surface area contributed by atoms with Gasteiger partial charge in [-0.1, -0.05) is 12.8 Å². The van der Waals surface area contributed by atoms with Crippen molar-refractivity contribution >= 4 is 0 Å². The molecule has 1 aromatic heterocycles. The average Bonchev–Trinajstić information content (AvgIpc) is 2.63. The van der Waals surface area contributed by atoms with Gasteiger partial charge in [0.15, 0.2) is 0 Å². The molecule has 0 aromatic carbocycles. The number of hydrogen-bond acceptors (Lipinski definition) is 3. The Labute approximate surface area is 117 Å². The van der Waals surface area contributed by atoms with Crippen molar-refractivity contribution < 1.29 is 0 Å². The van der Waals surface area contributed by atoms with Crippen molar-refractivity contribution in [3.8, 4) is 0 Å². The van der Waals surface area contributed by atoms with Gasteiger partial charge in [0.25, 0.3) is 0 Å². The van der Waals surface area contributed by atoms with Gasteiger partial charge in [-0.2, -0.15) is 5.10 Å². The van der Waals surface area contributed by atoms with E-state index in [9.17, 15) is 0 Å². The molecule has 0 radical (unpaired) electrons. The van der Waals surface area contributed by atoms with Crippen LogP contribution < -0.4 is 10.6 Å². The van der Waals surface area contributed by atoms with E-state index in [0.717, 1.165) is 13.1 Å². The van der Waals surface area contributed by atoms with Crippen molar-refractivity contribution in [3.63, 3.8) is 0 Å². The molecule has 2 atom stereocenters. The van der Waals surface area contributed by atoms with Crippen LogP contribution in [0.25, 0.3) is 0 Å². The topological polar surface area (TPSA) is 41.9 Å². The molecule has 2 rings (SSSR count). The lowest BCUT2D eigenvalue weighted by atomic mass is 10.0. The largest absolute Gasteiger partial charge is 0.314 e. The van der Waals surface area contributed by atoms with Crippen LogP contribution in [0, 0.1) is 6.92 Å². The lowest BCUT2D eigenvalue weighted by Gasteiger charge is -2.21. The third kappa shape index (κ3) is 5.33. The molecule has 1 fully saturated rings. The smallest absolute Gasteiger partial charge is 0.0534 e. The van der Waals surface area contributed by atoms with Crippen LogP contribution in [0.3, 0.4) is 0 Å². The summed E-state index contributed by atoms with van der Waals surface area (Å²) in [5.74, 6) is 0. The van der Waals surface area contributed by atoms with E-state index in [4.69, 9.17) is 0 Å². The summed E-state index contributed by atoms with van der Waals surface area (Å²) < 4.78 is 2.01. The van der Waals surface area contributed by atoms with E-state index in [1.807, 2.05) is 10.9 Å². The van der Waals surface area contributed by atoms with Gasteiger partial charge in [-0.25, -0.2) is 0 Å². The van der Waals surface area contributed by atoms with Gasteiger partial charge < -0.3 is 10.6 Å². The first-order chi connectivity index (χ1) is 9.24. The lowest BCUT2D eigenvalue weighted by molar-refractivity contribution is 0.395. The first-order valence-corrected chi connectivity index (χ1v) is 7.70. The minimum atomic E-state index is 0.576. The fourth-order valence-corrected chi connectivity index (χ4v) is 2.83. The molecule has 2 heterocycles. The number of nitrogens with one attached hydrogen (secondary N) is 2. The molecule has 1 saturated heterocycles. The van der Waals surface area contributed by atoms with Gasteiger partial charge in [0.2, 0.25) is 0 Å². The SMILES string of the molecule is Cc1cnn(CCNC(C)CC2CCCCCN2)c1. The van der Waals surface area contributed by atoms with E-state index in [2.05, 4.69) is 35.8 Å². The second kappa shape index (κ2) is 7.65. The summed E-state index contributed by atoms with van der Waals surface area (Å²) in [5, 5.41) is 11.6. The van der Waals surface area contributed by atoms with Gasteiger partial charge in [0.1, 0.15) is 0 Å². The highest BCUT2D eigenvalue weighted by atomic mass is 15.3. The minimum absolute atomic E-state index is 0.576. The Kier molecular flexibility index (Phi) is 5.86. The van der Waals surface area contributed by atoms with E-state index in [1.54, 1.807) is 0 Å². The fourth-order valence-electron chi connectivity index (χ4n) is 2.83. The van der Waals surface area contributed by atoms with Crippen molar-refractivity contribution in [2.45, 2.75) is 64.6 Å². The maximum atomic E-state index is 4.31. The average molecular weight is 264 g/mol.